The molecule has 2 aromatic carbocycles. The van der Waals surface area contributed by atoms with Crippen molar-refractivity contribution < 1.29 is 4.74 Å². The van der Waals surface area contributed by atoms with E-state index in [0.29, 0.717) is 6.54 Å². The maximum atomic E-state index is 5.36. The van der Waals surface area contributed by atoms with Crippen LogP contribution in [0.2, 0.25) is 0 Å². The number of aryl methyl sites for hydroxylation is 2. The normalized spacial score (nSPS) is 11.1. The summed E-state index contributed by atoms with van der Waals surface area (Å²) in [4.78, 5) is 0. The van der Waals surface area contributed by atoms with Crippen LogP contribution in [0.3, 0.4) is 0 Å². The van der Waals surface area contributed by atoms with Gasteiger partial charge in [0.1, 0.15) is 5.75 Å². The second-order valence-corrected chi connectivity index (χ2v) is 6.41. The molecule has 0 aliphatic rings. The summed E-state index contributed by atoms with van der Waals surface area (Å²) in [6.07, 6.45) is 1.88. The summed E-state index contributed by atoms with van der Waals surface area (Å²) in [6.45, 7) is 6.98. The first-order valence-corrected chi connectivity index (χ1v) is 8.74. The van der Waals surface area contributed by atoms with Gasteiger partial charge in [-0.1, -0.05) is 30.3 Å². The van der Waals surface area contributed by atoms with Crippen molar-refractivity contribution in [2.75, 3.05) is 7.11 Å². The highest BCUT2D eigenvalue weighted by Crippen LogP contribution is 2.20. The topological polar surface area (TPSA) is 38.5 Å². The molecule has 0 saturated carbocycles. The third-order valence-electron chi connectivity index (χ3n) is 4.49. The fraction of sp³-hybridized carbons (Fsp3) is 0.227. The fourth-order valence-electron chi connectivity index (χ4n) is 3.18. The first kappa shape index (κ1) is 17.8. The highest BCUT2D eigenvalue weighted by atomic mass is 16.5. The molecule has 0 saturated heterocycles. The molecule has 1 N–H and O–H groups in total. The van der Waals surface area contributed by atoms with Crippen molar-refractivity contribution in [1.82, 2.24) is 9.99 Å². The molecule has 4 nitrogen and oxygen atoms in total. The van der Waals surface area contributed by atoms with E-state index in [4.69, 9.17) is 4.74 Å². The molecule has 134 valence electrons. The molecule has 0 atom stereocenters. The van der Waals surface area contributed by atoms with Gasteiger partial charge in [0.15, 0.2) is 0 Å². The number of methoxy groups -OCH3 is 1. The zero-order valence-corrected chi connectivity index (χ0v) is 15.8. The lowest BCUT2D eigenvalue weighted by Crippen LogP contribution is -2.07. The molecular weight excluding hydrogens is 322 g/mol. The molecule has 3 aromatic rings. The van der Waals surface area contributed by atoms with Crippen LogP contribution >= 0.6 is 0 Å². The molecule has 1 heterocycles. The van der Waals surface area contributed by atoms with Crippen LogP contribution in [0.1, 0.15) is 28.1 Å². The zero-order chi connectivity index (χ0) is 18.5. The lowest BCUT2D eigenvalue weighted by Gasteiger charge is -2.10. The summed E-state index contributed by atoms with van der Waals surface area (Å²) in [5.41, 5.74) is 10.1. The Bertz CT molecular complexity index is 925. The van der Waals surface area contributed by atoms with E-state index < -0.39 is 0 Å². The number of benzene rings is 2. The van der Waals surface area contributed by atoms with Crippen LogP contribution in [-0.4, -0.2) is 17.9 Å². The van der Waals surface area contributed by atoms with Gasteiger partial charge in [-0.3, -0.25) is 0 Å². The molecule has 1 aromatic heterocycles. The minimum absolute atomic E-state index is 0.622. The Labute approximate surface area is 155 Å². The number of ether oxygens (including phenoxy) is 1. The van der Waals surface area contributed by atoms with Crippen LogP contribution in [0, 0.1) is 20.8 Å². The molecule has 0 aliphatic carbocycles. The third kappa shape index (κ3) is 3.80. The van der Waals surface area contributed by atoms with Gasteiger partial charge in [-0.15, -0.1) is 0 Å². The number of hydrazone groups is 1. The SMILES string of the molecule is COc1ccccc1CN/N=C\c1cc(C)n(-c2cccc(C)c2)c1C. The van der Waals surface area contributed by atoms with Crippen LogP contribution in [0.15, 0.2) is 59.7 Å². The molecule has 4 heteroatoms. The van der Waals surface area contributed by atoms with E-state index in [1.807, 2.05) is 30.5 Å². The molecular formula is C22H25N3O. The van der Waals surface area contributed by atoms with E-state index in [2.05, 4.69) is 66.2 Å². The van der Waals surface area contributed by atoms with Gasteiger partial charge in [0.2, 0.25) is 0 Å². The number of nitrogens with one attached hydrogen (secondary N) is 1. The summed E-state index contributed by atoms with van der Waals surface area (Å²) in [5.74, 6) is 0.868. The molecule has 3 rings (SSSR count). The lowest BCUT2D eigenvalue weighted by molar-refractivity contribution is 0.408. The molecule has 0 spiro atoms. The quantitative estimate of drug-likeness (QED) is 0.525. The first-order chi connectivity index (χ1) is 12.6. The number of hydrogen-bond donors (Lipinski definition) is 1. The summed E-state index contributed by atoms with van der Waals surface area (Å²) in [7, 11) is 1.68. The molecule has 0 bridgehead atoms. The van der Waals surface area contributed by atoms with Gasteiger partial charge < -0.3 is 14.7 Å². The second kappa shape index (κ2) is 7.91. The van der Waals surface area contributed by atoms with Gasteiger partial charge in [-0.2, -0.15) is 5.10 Å². The van der Waals surface area contributed by atoms with Gasteiger partial charge in [-0.25, -0.2) is 0 Å². The highest BCUT2D eigenvalue weighted by molar-refractivity contribution is 5.82. The maximum Gasteiger partial charge on any atom is 0.123 e. The summed E-state index contributed by atoms with van der Waals surface area (Å²) < 4.78 is 7.62. The average molecular weight is 347 g/mol. The van der Waals surface area contributed by atoms with E-state index in [9.17, 15) is 0 Å². The van der Waals surface area contributed by atoms with Crippen molar-refractivity contribution in [3.8, 4) is 11.4 Å². The second-order valence-electron chi connectivity index (χ2n) is 6.41. The van der Waals surface area contributed by atoms with Crippen molar-refractivity contribution in [2.45, 2.75) is 27.3 Å². The van der Waals surface area contributed by atoms with Gasteiger partial charge in [0.05, 0.1) is 19.9 Å². The van der Waals surface area contributed by atoms with E-state index in [1.54, 1.807) is 7.11 Å². The van der Waals surface area contributed by atoms with Crippen LogP contribution in [0.25, 0.3) is 5.69 Å². The Hall–Kier alpha value is -3.01. The maximum absolute atomic E-state index is 5.36. The van der Waals surface area contributed by atoms with Crippen LogP contribution in [0.4, 0.5) is 0 Å². The van der Waals surface area contributed by atoms with E-state index in [0.717, 1.165) is 16.9 Å². The standard InChI is InChI=1S/C22H25N3O/c1-16-8-7-10-21(12-16)25-17(2)13-20(18(25)3)15-24-23-14-19-9-5-6-11-22(19)26-4/h5-13,15,23H,14H2,1-4H3/b24-15-. The Morgan fingerprint density at radius 2 is 1.85 bits per heavy atom. The first-order valence-electron chi connectivity index (χ1n) is 8.74. The zero-order valence-electron chi connectivity index (χ0n) is 15.8. The lowest BCUT2D eigenvalue weighted by atomic mass is 10.2. The molecule has 0 amide bonds. The predicted molar refractivity (Wildman–Crippen MR) is 107 cm³/mol. The van der Waals surface area contributed by atoms with E-state index >= 15 is 0 Å². The Morgan fingerprint density at radius 3 is 2.62 bits per heavy atom. The Morgan fingerprint density at radius 1 is 1.04 bits per heavy atom. The van der Waals surface area contributed by atoms with Crippen molar-refractivity contribution in [3.05, 3.63) is 82.7 Å². The van der Waals surface area contributed by atoms with Gasteiger partial charge in [0, 0.05) is 28.2 Å². The van der Waals surface area contributed by atoms with Crippen molar-refractivity contribution in [2.24, 2.45) is 5.10 Å². The summed E-state index contributed by atoms with van der Waals surface area (Å²) in [6, 6.07) is 18.6. The Kier molecular flexibility index (Phi) is 5.42. The summed E-state index contributed by atoms with van der Waals surface area (Å²) >= 11 is 0. The fourth-order valence-corrected chi connectivity index (χ4v) is 3.18. The van der Waals surface area contributed by atoms with Crippen molar-refractivity contribution in [3.63, 3.8) is 0 Å². The molecule has 0 aliphatic heterocycles. The molecule has 26 heavy (non-hydrogen) atoms. The highest BCUT2D eigenvalue weighted by Gasteiger charge is 2.09. The molecule has 0 radical (unpaired) electrons. The Balaban J connectivity index is 1.74. The van der Waals surface area contributed by atoms with Crippen molar-refractivity contribution in [1.29, 1.82) is 0 Å². The summed E-state index contributed by atoms with van der Waals surface area (Å²) in [5, 5.41) is 4.39. The minimum Gasteiger partial charge on any atom is -0.496 e. The van der Waals surface area contributed by atoms with Gasteiger partial charge in [-0.05, 0) is 50.6 Å². The number of aromatic nitrogens is 1. The average Bonchev–Trinajstić information content (AvgIpc) is 2.92. The van der Waals surface area contributed by atoms with E-state index in [1.165, 1.54) is 22.6 Å². The smallest absolute Gasteiger partial charge is 0.123 e. The van der Waals surface area contributed by atoms with Crippen molar-refractivity contribution >= 4 is 6.21 Å². The molecule has 0 unspecified atom stereocenters. The van der Waals surface area contributed by atoms with Crippen LogP contribution in [0.5, 0.6) is 5.75 Å². The monoisotopic (exact) mass is 347 g/mol. The van der Waals surface area contributed by atoms with E-state index in [-0.39, 0.29) is 0 Å². The largest absolute Gasteiger partial charge is 0.496 e. The number of hydrogen-bond acceptors (Lipinski definition) is 3. The number of rotatable bonds is 6. The van der Waals surface area contributed by atoms with Gasteiger partial charge in [0.25, 0.3) is 0 Å². The predicted octanol–water partition coefficient (Wildman–Crippen LogP) is 4.53. The number of para-hydroxylation sites is 1. The third-order valence-corrected chi connectivity index (χ3v) is 4.49. The molecule has 0 fully saturated rings. The van der Waals surface area contributed by atoms with Crippen LogP contribution in [-0.2, 0) is 6.54 Å². The van der Waals surface area contributed by atoms with Gasteiger partial charge >= 0.3 is 0 Å². The van der Waals surface area contributed by atoms with Crippen LogP contribution < -0.4 is 10.2 Å². The number of nitrogens with zero attached hydrogens (tertiary/aromatic N) is 2. The minimum atomic E-state index is 0.622.